The predicted molar refractivity (Wildman–Crippen MR) is 79.2 cm³/mol. The van der Waals surface area contributed by atoms with Crippen LogP contribution in [-0.4, -0.2) is 18.0 Å². The van der Waals surface area contributed by atoms with E-state index in [2.05, 4.69) is 5.32 Å². The van der Waals surface area contributed by atoms with Gasteiger partial charge in [-0.2, -0.15) is 13.2 Å². The zero-order chi connectivity index (χ0) is 17.8. The molecule has 128 valence electrons. The number of aldehydes is 1. The van der Waals surface area contributed by atoms with Crippen LogP contribution in [0.2, 0.25) is 5.02 Å². The van der Waals surface area contributed by atoms with Gasteiger partial charge in [0.25, 0.3) is 0 Å². The average Bonchev–Trinajstić information content (AvgIpc) is 2.35. The Hall–Kier alpha value is -1.76. The number of hydrogen-bond acceptors (Lipinski definition) is 3. The molecule has 0 aliphatic rings. The van der Waals surface area contributed by atoms with Crippen molar-refractivity contribution in [2.24, 2.45) is 0 Å². The Kier molecular flexibility index (Phi) is 6.04. The number of rotatable bonds is 4. The molecule has 1 amide bonds. The van der Waals surface area contributed by atoms with E-state index < -0.39 is 29.5 Å². The molecule has 0 radical (unpaired) electrons. The molecule has 4 nitrogen and oxygen atoms in total. The van der Waals surface area contributed by atoms with Crippen LogP contribution >= 0.6 is 11.6 Å². The maximum atomic E-state index is 12.8. The smallest absolute Gasteiger partial charge is 0.416 e. The van der Waals surface area contributed by atoms with Gasteiger partial charge in [-0.3, -0.25) is 0 Å². The maximum absolute atomic E-state index is 12.8. The number of carbonyl (C=O) groups excluding carboxylic acids is 2. The first-order valence-corrected chi connectivity index (χ1v) is 7.11. The molecule has 8 heteroatoms. The van der Waals surface area contributed by atoms with Crippen LogP contribution in [0.5, 0.6) is 0 Å². The second-order valence-corrected chi connectivity index (χ2v) is 6.24. The summed E-state index contributed by atoms with van der Waals surface area (Å²) >= 11 is 5.92. The minimum atomic E-state index is -4.56. The second kappa shape index (κ2) is 7.21. The topological polar surface area (TPSA) is 55.4 Å². The normalized spacial score (nSPS) is 13.3. The van der Waals surface area contributed by atoms with E-state index in [1.54, 1.807) is 20.8 Å². The molecule has 1 atom stereocenters. The number of amides is 1. The Labute approximate surface area is 137 Å². The Balaban J connectivity index is 3.10. The molecule has 0 saturated carbocycles. The van der Waals surface area contributed by atoms with Crippen molar-refractivity contribution in [3.05, 3.63) is 34.3 Å². The Morgan fingerprint density at radius 3 is 2.43 bits per heavy atom. The third-order valence-corrected chi connectivity index (χ3v) is 3.07. The van der Waals surface area contributed by atoms with Gasteiger partial charge in [0, 0.05) is 11.4 Å². The van der Waals surface area contributed by atoms with Crippen LogP contribution in [0, 0.1) is 0 Å². The number of halogens is 4. The Morgan fingerprint density at radius 1 is 1.35 bits per heavy atom. The van der Waals surface area contributed by atoms with Gasteiger partial charge < -0.3 is 14.8 Å². The molecule has 0 aliphatic heterocycles. The van der Waals surface area contributed by atoms with Gasteiger partial charge >= 0.3 is 12.3 Å². The summed E-state index contributed by atoms with van der Waals surface area (Å²) in [7, 11) is 0. The number of alkyl halides is 3. The van der Waals surface area contributed by atoms with E-state index in [9.17, 15) is 22.8 Å². The van der Waals surface area contributed by atoms with Crippen LogP contribution in [0.15, 0.2) is 18.2 Å². The van der Waals surface area contributed by atoms with E-state index in [1.807, 2.05) is 0 Å². The summed E-state index contributed by atoms with van der Waals surface area (Å²) in [5.74, 6) is 0. The molecule has 0 fully saturated rings. The van der Waals surface area contributed by atoms with E-state index in [0.29, 0.717) is 6.29 Å². The summed E-state index contributed by atoms with van der Waals surface area (Å²) in [6.07, 6.45) is -5.16. The zero-order valence-corrected chi connectivity index (χ0v) is 13.6. The summed E-state index contributed by atoms with van der Waals surface area (Å²) in [6, 6.07) is 1.71. The fourth-order valence-electron chi connectivity index (χ4n) is 1.80. The molecule has 1 rings (SSSR count). The lowest BCUT2D eigenvalue weighted by molar-refractivity contribution is -0.137. The van der Waals surface area contributed by atoms with Crippen LogP contribution in [0.1, 0.15) is 44.4 Å². The lowest BCUT2D eigenvalue weighted by Gasteiger charge is -2.24. The summed E-state index contributed by atoms with van der Waals surface area (Å²) < 4.78 is 43.5. The standard InChI is InChI=1S/C15H17ClF3NO3/c1-14(2,3)23-13(22)20-12(6-7-21)10-8-9(15(17,18)19)4-5-11(10)16/h4-5,7-8,12H,6H2,1-3H3,(H,20,22)/t12-/m1/s1. The van der Waals surface area contributed by atoms with Crippen molar-refractivity contribution < 1.29 is 27.5 Å². The number of ether oxygens (including phenoxy) is 1. The molecule has 0 saturated heterocycles. The summed E-state index contributed by atoms with van der Waals surface area (Å²) in [5.41, 5.74) is -1.70. The third kappa shape index (κ3) is 6.09. The van der Waals surface area contributed by atoms with Crippen molar-refractivity contribution in [3.8, 4) is 0 Å². The van der Waals surface area contributed by atoms with Crippen LogP contribution in [0.4, 0.5) is 18.0 Å². The minimum Gasteiger partial charge on any atom is -0.444 e. The lowest BCUT2D eigenvalue weighted by Crippen LogP contribution is -2.35. The first kappa shape index (κ1) is 19.3. The van der Waals surface area contributed by atoms with E-state index >= 15 is 0 Å². The van der Waals surface area contributed by atoms with Gasteiger partial charge in [0.05, 0.1) is 11.6 Å². The number of alkyl carbamates (subject to hydrolysis) is 1. The molecule has 0 heterocycles. The molecule has 0 aromatic heterocycles. The largest absolute Gasteiger partial charge is 0.444 e. The van der Waals surface area contributed by atoms with E-state index in [0.717, 1.165) is 18.2 Å². The van der Waals surface area contributed by atoms with Crippen LogP contribution in [0.25, 0.3) is 0 Å². The number of benzene rings is 1. The first-order valence-electron chi connectivity index (χ1n) is 6.74. The fraction of sp³-hybridized carbons (Fsp3) is 0.467. The lowest BCUT2D eigenvalue weighted by atomic mass is 10.0. The van der Waals surface area contributed by atoms with Gasteiger partial charge in [-0.25, -0.2) is 4.79 Å². The van der Waals surface area contributed by atoms with E-state index in [-0.39, 0.29) is 17.0 Å². The second-order valence-electron chi connectivity index (χ2n) is 5.84. The predicted octanol–water partition coefficient (Wildman–Crippen LogP) is 4.51. The zero-order valence-electron chi connectivity index (χ0n) is 12.8. The molecule has 1 N–H and O–H groups in total. The minimum absolute atomic E-state index is 0.000508. The molecule has 0 aliphatic carbocycles. The molecule has 0 bridgehead atoms. The van der Waals surface area contributed by atoms with Crippen LogP contribution < -0.4 is 5.32 Å². The van der Waals surface area contributed by atoms with Crippen LogP contribution in [-0.2, 0) is 15.7 Å². The van der Waals surface area contributed by atoms with Crippen molar-refractivity contribution in [3.63, 3.8) is 0 Å². The molecular weight excluding hydrogens is 335 g/mol. The molecule has 1 aromatic rings. The first-order chi connectivity index (χ1) is 10.4. The molecule has 0 unspecified atom stereocenters. The summed E-state index contributed by atoms with van der Waals surface area (Å²) in [4.78, 5) is 22.6. The highest BCUT2D eigenvalue weighted by Gasteiger charge is 2.32. The van der Waals surface area contributed by atoms with Crippen molar-refractivity contribution in [2.75, 3.05) is 0 Å². The Bertz CT molecular complexity index is 582. The van der Waals surface area contributed by atoms with Gasteiger partial charge in [0.15, 0.2) is 0 Å². The fourth-order valence-corrected chi connectivity index (χ4v) is 2.05. The van der Waals surface area contributed by atoms with Gasteiger partial charge in [-0.05, 0) is 44.5 Å². The van der Waals surface area contributed by atoms with Crippen molar-refractivity contribution >= 4 is 24.0 Å². The van der Waals surface area contributed by atoms with Crippen LogP contribution in [0.3, 0.4) is 0 Å². The highest BCUT2D eigenvalue weighted by Crippen LogP contribution is 2.34. The highest BCUT2D eigenvalue weighted by molar-refractivity contribution is 6.31. The van der Waals surface area contributed by atoms with Gasteiger partial charge in [-0.15, -0.1) is 0 Å². The molecule has 1 aromatic carbocycles. The van der Waals surface area contributed by atoms with Crippen molar-refractivity contribution in [1.82, 2.24) is 5.32 Å². The average molecular weight is 352 g/mol. The summed E-state index contributed by atoms with van der Waals surface area (Å²) in [5, 5.41) is 2.38. The highest BCUT2D eigenvalue weighted by atomic mass is 35.5. The number of carbonyl (C=O) groups is 2. The number of nitrogens with one attached hydrogen (secondary N) is 1. The van der Waals surface area contributed by atoms with Crippen molar-refractivity contribution in [1.29, 1.82) is 0 Å². The quantitative estimate of drug-likeness (QED) is 0.812. The van der Waals surface area contributed by atoms with Crippen molar-refractivity contribution in [2.45, 2.75) is 45.0 Å². The molecule has 0 spiro atoms. The van der Waals surface area contributed by atoms with Gasteiger partial charge in [-0.1, -0.05) is 11.6 Å². The molecular formula is C15H17ClF3NO3. The third-order valence-electron chi connectivity index (χ3n) is 2.72. The molecule has 23 heavy (non-hydrogen) atoms. The SMILES string of the molecule is CC(C)(C)OC(=O)N[C@H](CC=O)c1cc(C(F)(F)F)ccc1Cl. The number of hydrogen-bond donors (Lipinski definition) is 1. The summed E-state index contributed by atoms with van der Waals surface area (Å²) in [6.45, 7) is 4.91. The monoisotopic (exact) mass is 351 g/mol. The van der Waals surface area contributed by atoms with E-state index in [4.69, 9.17) is 16.3 Å². The van der Waals surface area contributed by atoms with Gasteiger partial charge in [0.1, 0.15) is 11.9 Å². The van der Waals surface area contributed by atoms with E-state index in [1.165, 1.54) is 0 Å². The maximum Gasteiger partial charge on any atom is 0.416 e. The Morgan fingerprint density at radius 2 is 1.96 bits per heavy atom. The van der Waals surface area contributed by atoms with Gasteiger partial charge in [0.2, 0.25) is 0 Å².